The monoisotopic (exact) mass is 225 g/mol. The van der Waals surface area contributed by atoms with Crippen LogP contribution in [-0.4, -0.2) is 11.9 Å². The Hall–Kier alpha value is -1.02. The number of carbonyl (C=O) groups excluding carboxylic acids is 1. The number of nitrogens with one attached hydrogen (secondary N) is 1. The van der Waals surface area contributed by atoms with Crippen molar-refractivity contribution in [1.29, 1.82) is 0 Å². The van der Waals surface area contributed by atoms with Gasteiger partial charge in [0.25, 0.3) is 0 Å². The minimum absolute atomic E-state index is 0.489. The van der Waals surface area contributed by atoms with Gasteiger partial charge in [-0.25, -0.2) is 0 Å². The summed E-state index contributed by atoms with van der Waals surface area (Å²) in [5.74, 6) is 0. The van der Waals surface area contributed by atoms with Gasteiger partial charge in [0.15, 0.2) is 0 Å². The van der Waals surface area contributed by atoms with Gasteiger partial charge in [0.1, 0.15) is 0 Å². The van der Waals surface area contributed by atoms with Gasteiger partial charge >= 0.3 is 5.37 Å². The highest BCUT2D eigenvalue weighted by atomic mass is 35.5. The number of carbonyl (C=O) groups is 1. The van der Waals surface area contributed by atoms with Gasteiger partial charge in [-0.05, 0) is 61.0 Å². The molecule has 0 saturated carbocycles. The summed E-state index contributed by atoms with van der Waals surface area (Å²) in [6, 6.07) is 4.22. The Morgan fingerprint density at radius 3 is 2.53 bits per heavy atom. The Bertz CT molecular complexity index is 374. The molecule has 0 aromatic heterocycles. The first-order valence-electron chi connectivity index (χ1n) is 5.01. The van der Waals surface area contributed by atoms with Crippen LogP contribution in [0.3, 0.4) is 0 Å². The van der Waals surface area contributed by atoms with Crippen LogP contribution in [0, 0.1) is 20.8 Å². The second-order valence-corrected chi connectivity index (χ2v) is 4.09. The molecule has 1 rings (SSSR count). The van der Waals surface area contributed by atoms with E-state index in [1.165, 1.54) is 22.3 Å². The lowest BCUT2D eigenvalue weighted by atomic mass is 9.97. The summed E-state index contributed by atoms with van der Waals surface area (Å²) in [4.78, 5) is 10.5. The minimum atomic E-state index is -0.489. The van der Waals surface area contributed by atoms with E-state index in [1.54, 1.807) is 0 Å². The van der Waals surface area contributed by atoms with Crippen LogP contribution in [-0.2, 0) is 6.42 Å². The molecule has 15 heavy (non-hydrogen) atoms. The van der Waals surface area contributed by atoms with E-state index in [-0.39, 0.29) is 0 Å². The maximum Gasteiger partial charge on any atom is 0.313 e. The van der Waals surface area contributed by atoms with E-state index in [4.69, 9.17) is 11.6 Å². The van der Waals surface area contributed by atoms with E-state index in [2.05, 4.69) is 38.2 Å². The zero-order valence-electron chi connectivity index (χ0n) is 9.36. The molecule has 0 saturated heterocycles. The van der Waals surface area contributed by atoms with Crippen LogP contribution in [0.15, 0.2) is 12.1 Å². The van der Waals surface area contributed by atoms with Crippen molar-refractivity contribution in [1.82, 2.24) is 5.32 Å². The van der Waals surface area contributed by atoms with E-state index in [0.29, 0.717) is 6.54 Å². The molecule has 0 fully saturated rings. The minimum Gasteiger partial charge on any atom is -0.342 e. The summed E-state index contributed by atoms with van der Waals surface area (Å²) < 4.78 is 0. The first-order valence-corrected chi connectivity index (χ1v) is 5.39. The van der Waals surface area contributed by atoms with Crippen LogP contribution in [0.1, 0.15) is 22.3 Å². The van der Waals surface area contributed by atoms with E-state index in [1.807, 2.05) is 0 Å². The van der Waals surface area contributed by atoms with Crippen molar-refractivity contribution in [3.8, 4) is 0 Å². The standard InChI is InChI=1S/C12H16ClNO/c1-8-4-5-11(10(3)9(8)2)6-7-14-12(13)15/h4-5H,6-7H2,1-3H3,(H,14,15). The largest absolute Gasteiger partial charge is 0.342 e. The zero-order chi connectivity index (χ0) is 11.4. The molecule has 0 heterocycles. The van der Waals surface area contributed by atoms with E-state index in [9.17, 15) is 4.79 Å². The molecular formula is C12H16ClNO. The number of rotatable bonds is 3. The number of hydrogen-bond donors (Lipinski definition) is 1. The lowest BCUT2D eigenvalue weighted by Gasteiger charge is -2.11. The third-order valence-corrected chi connectivity index (χ3v) is 2.96. The molecule has 0 spiro atoms. The van der Waals surface area contributed by atoms with E-state index < -0.39 is 5.37 Å². The number of halogens is 1. The van der Waals surface area contributed by atoms with Gasteiger partial charge in [0.05, 0.1) is 0 Å². The number of benzene rings is 1. The molecule has 0 bridgehead atoms. The Kier molecular flexibility index (Phi) is 4.15. The van der Waals surface area contributed by atoms with Crippen LogP contribution < -0.4 is 5.32 Å². The van der Waals surface area contributed by atoms with Gasteiger partial charge < -0.3 is 5.32 Å². The highest BCUT2D eigenvalue weighted by Gasteiger charge is 2.03. The lowest BCUT2D eigenvalue weighted by Crippen LogP contribution is -2.19. The Morgan fingerprint density at radius 1 is 1.27 bits per heavy atom. The number of hydrogen-bond acceptors (Lipinski definition) is 1. The third-order valence-electron chi connectivity index (χ3n) is 2.83. The molecule has 82 valence electrons. The van der Waals surface area contributed by atoms with E-state index in [0.717, 1.165) is 6.42 Å². The fourth-order valence-electron chi connectivity index (χ4n) is 1.58. The molecule has 1 aromatic rings. The van der Waals surface area contributed by atoms with Gasteiger partial charge in [-0.2, -0.15) is 0 Å². The second kappa shape index (κ2) is 5.17. The van der Waals surface area contributed by atoms with Crippen molar-refractivity contribution >= 4 is 17.0 Å². The van der Waals surface area contributed by atoms with Crippen LogP contribution in [0.2, 0.25) is 0 Å². The highest BCUT2D eigenvalue weighted by molar-refractivity contribution is 6.62. The normalized spacial score (nSPS) is 10.1. The summed E-state index contributed by atoms with van der Waals surface area (Å²) in [7, 11) is 0. The molecule has 2 nitrogen and oxygen atoms in total. The first-order chi connectivity index (χ1) is 7.02. The maximum absolute atomic E-state index is 10.5. The summed E-state index contributed by atoms with van der Waals surface area (Å²) >= 11 is 5.19. The lowest BCUT2D eigenvalue weighted by molar-refractivity contribution is 0.260. The van der Waals surface area contributed by atoms with Crippen LogP contribution in [0.4, 0.5) is 4.79 Å². The molecule has 3 heteroatoms. The fourth-order valence-corrected chi connectivity index (χ4v) is 1.67. The Morgan fingerprint density at radius 2 is 1.93 bits per heavy atom. The fraction of sp³-hybridized carbons (Fsp3) is 0.417. The average molecular weight is 226 g/mol. The predicted octanol–water partition coefficient (Wildman–Crippen LogP) is 3.10. The van der Waals surface area contributed by atoms with Crippen molar-refractivity contribution in [2.24, 2.45) is 0 Å². The van der Waals surface area contributed by atoms with Crippen LogP contribution in [0.5, 0.6) is 0 Å². The summed E-state index contributed by atoms with van der Waals surface area (Å²) in [5.41, 5.74) is 5.20. The van der Waals surface area contributed by atoms with Crippen molar-refractivity contribution in [2.75, 3.05) is 6.54 Å². The van der Waals surface area contributed by atoms with Crippen molar-refractivity contribution in [3.05, 3.63) is 34.4 Å². The second-order valence-electron chi connectivity index (χ2n) is 3.74. The molecular weight excluding hydrogens is 210 g/mol. The SMILES string of the molecule is Cc1ccc(CCNC(=O)Cl)c(C)c1C. The molecule has 1 amide bonds. The number of amides is 1. The Labute approximate surface area is 95.6 Å². The summed E-state index contributed by atoms with van der Waals surface area (Å²) in [5, 5.41) is 2.09. The van der Waals surface area contributed by atoms with E-state index >= 15 is 0 Å². The molecule has 0 radical (unpaired) electrons. The molecule has 1 N–H and O–H groups in total. The average Bonchev–Trinajstić information content (AvgIpc) is 2.18. The molecule has 0 unspecified atom stereocenters. The quantitative estimate of drug-likeness (QED) is 0.622. The molecule has 0 aliphatic carbocycles. The van der Waals surface area contributed by atoms with Crippen LogP contribution in [0.25, 0.3) is 0 Å². The molecule has 1 aromatic carbocycles. The van der Waals surface area contributed by atoms with Gasteiger partial charge in [-0.3, -0.25) is 4.79 Å². The summed E-state index contributed by atoms with van der Waals surface area (Å²) in [6.07, 6.45) is 0.825. The third kappa shape index (κ3) is 3.24. The van der Waals surface area contributed by atoms with Gasteiger partial charge in [0, 0.05) is 6.54 Å². The topological polar surface area (TPSA) is 29.1 Å². The smallest absolute Gasteiger partial charge is 0.313 e. The van der Waals surface area contributed by atoms with Crippen molar-refractivity contribution < 1.29 is 4.79 Å². The molecule has 0 aliphatic rings. The van der Waals surface area contributed by atoms with Gasteiger partial charge in [-0.15, -0.1) is 0 Å². The maximum atomic E-state index is 10.5. The number of aryl methyl sites for hydroxylation is 1. The highest BCUT2D eigenvalue weighted by Crippen LogP contribution is 2.17. The summed E-state index contributed by atoms with van der Waals surface area (Å²) in [6.45, 7) is 6.92. The van der Waals surface area contributed by atoms with Gasteiger partial charge in [0.2, 0.25) is 0 Å². The van der Waals surface area contributed by atoms with Crippen molar-refractivity contribution in [2.45, 2.75) is 27.2 Å². The van der Waals surface area contributed by atoms with Crippen LogP contribution >= 0.6 is 11.6 Å². The molecule has 0 atom stereocenters. The Balaban J connectivity index is 2.70. The van der Waals surface area contributed by atoms with Crippen molar-refractivity contribution in [3.63, 3.8) is 0 Å². The first kappa shape index (κ1) is 12.1. The predicted molar refractivity (Wildman–Crippen MR) is 63.6 cm³/mol. The zero-order valence-corrected chi connectivity index (χ0v) is 10.1. The molecule has 0 aliphatic heterocycles. The van der Waals surface area contributed by atoms with Gasteiger partial charge in [-0.1, -0.05) is 12.1 Å².